The normalized spacial score (nSPS) is 12.4. The van der Waals surface area contributed by atoms with Gasteiger partial charge in [-0.05, 0) is 26.0 Å². The molecule has 9 heavy (non-hydrogen) atoms. The Kier molecular flexibility index (Phi) is 3.44. The molecule has 0 fully saturated rings. The highest BCUT2D eigenvalue weighted by Crippen LogP contribution is 1.84. The molecule has 0 aliphatic carbocycles. The molecule has 0 saturated heterocycles. The molecule has 0 unspecified atom stereocenters. The Morgan fingerprint density at radius 2 is 2.00 bits per heavy atom. The molecule has 1 N–H and O–H groups in total. The van der Waals surface area contributed by atoms with Crippen LogP contribution >= 0.6 is 0 Å². The van der Waals surface area contributed by atoms with Crippen molar-refractivity contribution in [2.24, 2.45) is 0 Å². The summed E-state index contributed by atoms with van der Waals surface area (Å²) in [5.41, 5.74) is 0. The van der Waals surface area contributed by atoms with Gasteiger partial charge in [0.15, 0.2) is 5.78 Å². The largest absolute Gasteiger partial charge is 0.513 e. The van der Waals surface area contributed by atoms with Gasteiger partial charge in [0.2, 0.25) is 0 Å². The van der Waals surface area contributed by atoms with E-state index in [0.29, 0.717) is 0 Å². The van der Waals surface area contributed by atoms with Gasteiger partial charge in [-0.1, -0.05) is 6.08 Å². The molecule has 0 radical (unpaired) electrons. The van der Waals surface area contributed by atoms with E-state index in [1.165, 1.54) is 25.2 Å². The quantitative estimate of drug-likeness (QED) is 0.346. The Labute approximate surface area is 54.5 Å². The summed E-state index contributed by atoms with van der Waals surface area (Å²) >= 11 is 0. The summed E-state index contributed by atoms with van der Waals surface area (Å²) in [6, 6.07) is 0. The summed E-state index contributed by atoms with van der Waals surface area (Å²) in [7, 11) is 0. The first kappa shape index (κ1) is 7.95. The summed E-state index contributed by atoms with van der Waals surface area (Å²) in [5.74, 6) is 0.181. The van der Waals surface area contributed by atoms with Crippen LogP contribution in [-0.4, -0.2) is 10.9 Å². The number of ketones is 1. The van der Waals surface area contributed by atoms with Gasteiger partial charge in [-0.3, -0.25) is 4.79 Å². The number of aliphatic hydroxyl groups excluding tert-OH is 1. The maximum absolute atomic E-state index is 10.2. The van der Waals surface area contributed by atoms with Gasteiger partial charge in [-0.25, -0.2) is 0 Å². The van der Waals surface area contributed by atoms with Crippen molar-refractivity contribution in [3.8, 4) is 0 Å². The van der Waals surface area contributed by atoms with Crippen LogP contribution in [0.4, 0.5) is 0 Å². The molecule has 0 aliphatic rings. The highest BCUT2D eigenvalue weighted by molar-refractivity contribution is 5.87. The Hall–Kier alpha value is -1.05. The molecule has 0 atom stereocenters. The minimum atomic E-state index is -0.0208. The molecule has 0 saturated carbocycles. The van der Waals surface area contributed by atoms with E-state index < -0.39 is 0 Å². The maximum atomic E-state index is 10.2. The summed E-state index contributed by atoms with van der Waals surface area (Å²) < 4.78 is 0. The fourth-order valence-electron chi connectivity index (χ4n) is 0.323. The molecule has 0 rings (SSSR count). The first-order valence-electron chi connectivity index (χ1n) is 2.67. The SMILES string of the molecule is CC(=O)/C=C/C=C(/C)O. The van der Waals surface area contributed by atoms with E-state index in [4.69, 9.17) is 5.11 Å². The van der Waals surface area contributed by atoms with Gasteiger partial charge in [0.25, 0.3) is 0 Å². The minimum absolute atomic E-state index is 0.0208. The first-order valence-corrected chi connectivity index (χ1v) is 2.67. The number of hydrogen-bond acceptors (Lipinski definition) is 2. The Morgan fingerprint density at radius 1 is 1.44 bits per heavy atom. The van der Waals surface area contributed by atoms with Crippen LogP contribution in [0.3, 0.4) is 0 Å². The molecule has 2 nitrogen and oxygen atoms in total. The number of allylic oxidation sites excluding steroid dienone is 4. The lowest BCUT2D eigenvalue weighted by Crippen LogP contribution is -1.78. The van der Waals surface area contributed by atoms with Gasteiger partial charge in [-0.15, -0.1) is 0 Å². The second-order valence-electron chi connectivity index (χ2n) is 1.78. The van der Waals surface area contributed by atoms with Gasteiger partial charge < -0.3 is 5.11 Å². The van der Waals surface area contributed by atoms with Crippen LogP contribution in [0.5, 0.6) is 0 Å². The van der Waals surface area contributed by atoms with Crippen molar-refractivity contribution in [3.05, 3.63) is 24.0 Å². The van der Waals surface area contributed by atoms with Crippen molar-refractivity contribution in [1.82, 2.24) is 0 Å². The highest BCUT2D eigenvalue weighted by Gasteiger charge is 1.78. The monoisotopic (exact) mass is 126 g/mol. The number of aliphatic hydroxyl groups is 1. The lowest BCUT2D eigenvalue weighted by atomic mass is 10.3. The second kappa shape index (κ2) is 3.89. The molecular weight excluding hydrogens is 116 g/mol. The zero-order valence-corrected chi connectivity index (χ0v) is 5.59. The Morgan fingerprint density at radius 3 is 2.33 bits per heavy atom. The minimum Gasteiger partial charge on any atom is -0.513 e. The van der Waals surface area contributed by atoms with Gasteiger partial charge >= 0.3 is 0 Å². The van der Waals surface area contributed by atoms with E-state index in [1.54, 1.807) is 6.92 Å². The van der Waals surface area contributed by atoms with E-state index >= 15 is 0 Å². The molecule has 2 heteroatoms. The fourth-order valence-corrected chi connectivity index (χ4v) is 0.323. The highest BCUT2D eigenvalue weighted by atomic mass is 16.3. The van der Waals surface area contributed by atoms with Crippen LogP contribution in [-0.2, 0) is 4.79 Å². The number of rotatable bonds is 2. The molecule has 0 aromatic heterocycles. The summed E-state index contributed by atoms with van der Waals surface area (Å²) in [6.07, 6.45) is 4.36. The van der Waals surface area contributed by atoms with Crippen LogP contribution in [0.2, 0.25) is 0 Å². The first-order chi connectivity index (χ1) is 4.13. The van der Waals surface area contributed by atoms with E-state index in [1.807, 2.05) is 0 Å². The number of hydrogen-bond donors (Lipinski definition) is 1. The average molecular weight is 126 g/mol. The van der Waals surface area contributed by atoms with E-state index in [0.717, 1.165) is 0 Å². The predicted molar refractivity (Wildman–Crippen MR) is 36.2 cm³/mol. The van der Waals surface area contributed by atoms with Crippen LogP contribution < -0.4 is 0 Å². The molecule has 0 amide bonds. The van der Waals surface area contributed by atoms with Crippen LogP contribution in [0.25, 0.3) is 0 Å². The third-order valence-electron chi connectivity index (χ3n) is 0.668. The molecule has 0 aromatic rings. The predicted octanol–water partition coefficient (Wildman–Crippen LogP) is 1.59. The topological polar surface area (TPSA) is 37.3 Å². The van der Waals surface area contributed by atoms with E-state index in [-0.39, 0.29) is 11.5 Å². The van der Waals surface area contributed by atoms with Gasteiger partial charge in [0.05, 0.1) is 5.76 Å². The second-order valence-corrected chi connectivity index (χ2v) is 1.78. The van der Waals surface area contributed by atoms with Crippen molar-refractivity contribution in [3.63, 3.8) is 0 Å². The zero-order valence-electron chi connectivity index (χ0n) is 5.59. The van der Waals surface area contributed by atoms with Crippen LogP contribution in [0, 0.1) is 0 Å². The van der Waals surface area contributed by atoms with Gasteiger partial charge in [-0.2, -0.15) is 0 Å². The fraction of sp³-hybridized carbons (Fsp3) is 0.286. The molecule has 50 valence electrons. The summed E-state index contributed by atoms with van der Waals surface area (Å²) in [6.45, 7) is 3.00. The Bertz CT molecular complexity index is 150. The molecule has 0 aliphatic heterocycles. The van der Waals surface area contributed by atoms with Crippen molar-refractivity contribution < 1.29 is 9.90 Å². The van der Waals surface area contributed by atoms with Crippen LogP contribution in [0.15, 0.2) is 24.0 Å². The van der Waals surface area contributed by atoms with E-state index in [9.17, 15) is 4.79 Å². The van der Waals surface area contributed by atoms with Crippen molar-refractivity contribution in [2.45, 2.75) is 13.8 Å². The molecule has 0 aromatic carbocycles. The van der Waals surface area contributed by atoms with Crippen molar-refractivity contribution >= 4 is 5.78 Å². The third kappa shape index (κ3) is 6.95. The van der Waals surface area contributed by atoms with Crippen molar-refractivity contribution in [2.75, 3.05) is 0 Å². The van der Waals surface area contributed by atoms with Gasteiger partial charge in [0, 0.05) is 0 Å². The Balaban J connectivity index is 3.74. The van der Waals surface area contributed by atoms with E-state index in [2.05, 4.69) is 0 Å². The molecule has 0 bridgehead atoms. The third-order valence-corrected chi connectivity index (χ3v) is 0.668. The average Bonchev–Trinajstić information content (AvgIpc) is 1.63. The van der Waals surface area contributed by atoms with Crippen molar-refractivity contribution in [1.29, 1.82) is 0 Å². The number of carbonyl (C=O) groups is 1. The standard InChI is InChI=1S/C7H10O2/c1-6(8)4-3-5-7(2)9/h3-5,8H,1-2H3/b5-3+,6-4-. The molecule has 0 heterocycles. The lowest BCUT2D eigenvalue weighted by molar-refractivity contribution is -0.112. The maximum Gasteiger partial charge on any atom is 0.152 e. The smallest absolute Gasteiger partial charge is 0.152 e. The molecular formula is C7H10O2. The lowest BCUT2D eigenvalue weighted by Gasteiger charge is -1.80. The summed E-state index contributed by atoms with van der Waals surface area (Å²) in [5, 5.41) is 8.56. The molecule has 0 spiro atoms. The number of carbonyl (C=O) groups excluding carboxylic acids is 1. The van der Waals surface area contributed by atoms with Gasteiger partial charge in [0.1, 0.15) is 0 Å². The summed E-state index contributed by atoms with van der Waals surface area (Å²) in [4.78, 5) is 10.2. The van der Waals surface area contributed by atoms with Crippen LogP contribution in [0.1, 0.15) is 13.8 Å². The zero-order chi connectivity index (χ0) is 7.28.